The van der Waals surface area contributed by atoms with Gasteiger partial charge < -0.3 is 11.2 Å². The van der Waals surface area contributed by atoms with Gasteiger partial charge in [-0.05, 0) is 24.6 Å². The maximum absolute atomic E-state index is 10.8. The molecular weight excluding hydrogens is 166 g/mol. The van der Waals surface area contributed by atoms with Crippen molar-refractivity contribution in [1.82, 2.24) is 0 Å². The van der Waals surface area contributed by atoms with E-state index in [1.54, 1.807) is 19.1 Å². The Labute approximate surface area is 76.9 Å². The van der Waals surface area contributed by atoms with E-state index in [4.69, 9.17) is 11.6 Å². The molecule has 1 aromatic rings. The fourth-order valence-electron chi connectivity index (χ4n) is 1.03. The summed E-state index contributed by atoms with van der Waals surface area (Å²) in [6.07, 6.45) is 0. The maximum Gasteiger partial charge on any atom is 0.224 e. The molecule has 13 heavy (non-hydrogen) atoms. The van der Waals surface area contributed by atoms with Gasteiger partial charge in [-0.3, -0.25) is 10.6 Å². The second-order valence-corrected chi connectivity index (χ2v) is 2.89. The highest BCUT2D eigenvalue weighted by molar-refractivity contribution is 5.81. The first-order chi connectivity index (χ1) is 6.15. The van der Waals surface area contributed by atoms with Crippen molar-refractivity contribution in [2.75, 3.05) is 5.43 Å². The quantitative estimate of drug-likeness (QED) is 0.468. The van der Waals surface area contributed by atoms with Crippen molar-refractivity contribution < 1.29 is 4.79 Å². The monoisotopic (exact) mass is 179 g/mol. The molecule has 0 aliphatic carbocycles. The predicted molar refractivity (Wildman–Crippen MR) is 51.9 cm³/mol. The van der Waals surface area contributed by atoms with Gasteiger partial charge in [0.1, 0.15) is 0 Å². The molecule has 0 aliphatic heterocycles. The molecule has 70 valence electrons. The first kappa shape index (κ1) is 9.54. The third kappa shape index (κ3) is 2.19. The zero-order valence-electron chi connectivity index (χ0n) is 7.45. The highest BCUT2D eigenvalue weighted by Gasteiger charge is 2.10. The molecule has 0 bridgehead atoms. The number of hydrazine groups is 1. The van der Waals surface area contributed by atoms with Crippen molar-refractivity contribution in [3.8, 4) is 0 Å². The van der Waals surface area contributed by atoms with Crippen molar-refractivity contribution in [3.63, 3.8) is 0 Å². The third-order valence-corrected chi connectivity index (χ3v) is 2.00. The number of rotatable bonds is 3. The van der Waals surface area contributed by atoms with E-state index < -0.39 is 0 Å². The Kier molecular flexibility index (Phi) is 2.87. The number of nitrogens with one attached hydrogen (secondary N) is 1. The van der Waals surface area contributed by atoms with Crippen molar-refractivity contribution >= 4 is 11.6 Å². The van der Waals surface area contributed by atoms with Gasteiger partial charge in [0, 0.05) is 5.69 Å². The zero-order valence-corrected chi connectivity index (χ0v) is 7.45. The molecule has 1 aromatic carbocycles. The van der Waals surface area contributed by atoms with Crippen LogP contribution in [-0.4, -0.2) is 5.91 Å². The van der Waals surface area contributed by atoms with Gasteiger partial charge in [0.2, 0.25) is 5.91 Å². The van der Waals surface area contributed by atoms with Crippen LogP contribution in [0.4, 0.5) is 5.69 Å². The highest BCUT2D eigenvalue weighted by atomic mass is 16.1. The van der Waals surface area contributed by atoms with Gasteiger partial charge in [0.15, 0.2) is 0 Å². The largest absolute Gasteiger partial charge is 0.369 e. The van der Waals surface area contributed by atoms with E-state index in [1.165, 1.54) is 0 Å². The van der Waals surface area contributed by atoms with Crippen LogP contribution >= 0.6 is 0 Å². The maximum atomic E-state index is 10.8. The van der Waals surface area contributed by atoms with Crippen LogP contribution in [0.3, 0.4) is 0 Å². The van der Waals surface area contributed by atoms with E-state index >= 15 is 0 Å². The minimum atomic E-state index is -0.326. The lowest BCUT2D eigenvalue weighted by molar-refractivity contribution is -0.119. The van der Waals surface area contributed by atoms with Crippen LogP contribution in [0.2, 0.25) is 0 Å². The minimum Gasteiger partial charge on any atom is -0.369 e. The van der Waals surface area contributed by atoms with E-state index in [-0.39, 0.29) is 11.8 Å². The Bertz CT molecular complexity index is 294. The van der Waals surface area contributed by atoms with E-state index in [0.717, 1.165) is 11.3 Å². The molecular formula is C9H13N3O. The molecule has 4 heteroatoms. The second-order valence-electron chi connectivity index (χ2n) is 2.89. The zero-order chi connectivity index (χ0) is 9.84. The predicted octanol–water partition coefficient (Wildman–Crippen LogP) is 0.561. The first-order valence-corrected chi connectivity index (χ1v) is 4.01. The molecule has 5 N–H and O–H groups in total. The molecule has 4 nitrogen and oxygen atoms in total. The summed E-state index contributed by atoms with van der Waals surface area (Å²) in [5, 5.41) is 0. The molecule has 1 rings (SSSR count). The summed E-state index contributed by atoms with van der Waals surface area (Å²) in [7, 11) is 0. The van der Waals surface area contributed by atoms with E-state index in [0.29, 0.717) is 0 Å². The van der Waals surface area contributed by atoms with Gasteiger partial charge in [-0.25, -0.2) is 0 Å². The molecule has 0 saturated heterocycles. The number of nitrogens with two attached hydrogens (primary N) is 2. The average Bonchev–Trinajstić information content (AvgIpc) is 2.17. The van der Waals surface area contributed by atoms with Crippen molar-refractivity contribution in [3.05, 3.63) is 29.8 Å². The molecule has 0 aromatic heterocycles. The Morgan fingerprint density at radius 2 is 1.92 bits per heavy atom. The van der Waals surface area contributed by atoms with Gasteiger partial charge in [0.05, 0.1) is 5.92 Å². The van der Waals surface area contributed by atoms with Crippen LogP contribution in [0.1, 0.15) is 18.4 Å². The van der Waals surface area contributed by atoms with Gasteiger partial charge in [0.25, 0.3) is 0 Å². The number of carbonyl (C=O) groups is 1. The normalized spacial score (nSPS) is 12.2. The molecule has 0 aliphatic rings. The number of anilines is 1. The highest BCUT2D eigenvalue weighted by Crippen LogP contribution is 2.16. The molecule has 1 atom stereocenters. The summed E-state index contributed by atoms with van der Waals surface area (Å²) in [5.74, 6) is 4.61. The van der Waals surface area contributed by atoms with E-state index in [9.17, 15) is 4.79 Å². The topological polar surface area (TPSA) is 81.1 Å². The molecule has 0 heterocycles. The van der Waals surface area contributed by atoms with Crippen LogP contribution in [0.5, 0.6) is 0 Å². The van der Waals surface area contributed by atoms with Crippen molar-refractivity contribution in [1.29, 1.82) is 0 Å². The summed E-state index contributed by atoms with van der Waals surface area (Å²) in [6.45, 7) is 1.77. The lowest BCUT2D eigenvalue weighted by Crippen LogP contribution is -2.18. The van der Waals surface area contributed by atoms with E-state index in [2.05, 4.69) is 5.43 Å². The minimum absolute atomic E-state index is 0.258. The fourth-order valence-corrected chi connectivity index (χ4v) is 1.03. The SMILES string of the molecule is CC(C(N)=O)c1ccc(NN)cc1. The number of amides is 1. The standard InChI is InChI=1S/C9H13N3O/c1-6(9(10)13)7-2-4-8(12-11)5-3-7/h2-6,12H,11H2,1H3,(H2,10,13). The van der Waals surface area contributed by atoms with Crippen molar-refractivity contribution in [2.24, 2.45) is 11.6 Å². The number of primary amides is 1. The summed E-state index contributed by atoms with van der Waals surface area (Å²) in [4.78, 5) is 10.8. The number of hydrogen-bond acceptors (Lipinski definition) is 3. The van der Waals surface area contributed by atoms with Crippen LogP contribution in [0.15, 0.2) is 24.3 Å². The molecule has 1 unspecified atom stereocenters. The number of nitrogen functional groups attached to an aromatic ring is 1. The summed E-state index contributed by atoms with van der Waals surface area (Å²) in [6, 6.07) is 7.25. The van der Waals surface area contributed by atoms with Crippen LogP contribution in [-0.2, 0) is 4.79 Å². The molecule has 0 fully saturated rings. The third-order valence-electron chi connectivity index (χ3n) is 2.00. The molecule has 1 amide bonds. The van der Waals surface area contributed by atoms with Gasteiger partial charge in [-0.15, -0.1) is 0 Å². The van der Waals surface area contributed by atoms with Crippen molar-refractivity contribution in [2.45, 2.75) is 12.8 Å². The van der Waals surface area contributed by atoms with E-state index in [1.807, 2.05) is 12.1 Å². The Hall–Kier alpha value is -1.55. The second kappa shape index (κ2) is 3.91. The van der Waals surface area contributed by atoms with Crippen LogP contribution < -0.4 is 17.0 Å². The summed E-state index contributed by atoms with van der Waals surface area (Å²) >= 11 is 0. The smallest absolute Gasteiger partial charge is 0.224 e. The number of carbonyl (C=O) groups excluding carboxylic acids is 1. The summed E-state index contributed by atoms with van der Waals surface area (Å²) in [5.41, 5.74) is 9.37. The van der Waals surface area contributed by atoms with Gasteiger partial charge in [-0.1, -0.05) is 12.1 Å². The van der Waals surface area contributed by atoms with Gasteiger partial charge in [-0.2, -0.15) is 0 Å². The average molecular weight is 179 g/mol. The van der Waals surface area contributed by atoms with Crippen LogP contribution in [0, 0.1) is 0 Å². The summed E-state index contributed by atoms with van der Waals surface area (Å²) < 4.78 is 0. The lowest BCUT2D eigenvalue weighted by atomic mass is 10.0. The fraction of sp³-hybridized carbons (Fsp3) is 0.222. The first-order valence-electron chi connectivity index (χ1n) is 4.01. The Morgan fingerprint density at radius 1 is 1.38 bits per heavy atom. The molecule has 0 spiro atoms. The van der Waals surface area contributed by atoms with Gasteiger partial charge >= 0.3 is 0 Å². The molecule has 0 saturated carbocycles. The number of hydrogen-bond donors (Lipinski definition) is 3. The van der Waals surface area contributed by atoms with Crippen LogP contribution in [0.25, 0.3) is 0 Å². The molecule has 0 radical (unpaired) electrons. The lowest BCUT2D eigenvalue weighted by Gasteiger charge is -2.07. The number of benzene rings is 1. The Morgan fingerprint density at radius 3 is 2.31 bits per heavy atom. The Balaban J connectivity index is 2.85.